The average Bonchev–Trinajstić information content (AvgIpc) is 2.89. The molecule has 0 aliphatic carbocycles. The van der Waals surface area contributed by atoms with Gasteiger partial charge in [0.2, 0.25) is 0 Å². The molecule has 178 valence electrons. The molecule has 4 nitrogen and oxygen atoms in total. The Morgan fingerprint density at radius 2 is 1.50 bits per heavy atom. The molecule has 0 aliphatic heterocycles. The number of halogens is 3. The summed E-state index contributed by atoms with van der Waals surface area (Å²) in [5.74, 6) is 0.0253. The van der Waals surface area contributed by atoms with Crippen molar-refractivity contribution >= 4 is 28.9 Å². The van der Waals surface area contributed by atoms with E-state index in [0.29, 0.717) is 10.9 Å². The van der Waals surface area contributed by atoms with Crippen molar-refractivity contribution in [2.24, 2.45) is 5.10 Å². The summed E-state index contributed by atoms with van der Waals surface area (Å²) in [4.78, 5) is 19.9. The zero-order valence-electron chi connectivity index (χ0n) is 18.7. The van der Waals surface area contributed by atoms with Gasteiger partial charge in [0.15, 0.2) is 5.82 Å². The highest BCUT2D eigenvalue weighted by atomic mass is 32.2. The molecule has 0 saturated carbocycles. The molecule has 1 aromatic heterocycles. The molecule has 0 fully saturated rings. The molecule has 36 heavy (non-hydrogen) atoms. The molecule has 0 unspecified atom stereocenters. The third kappa shape index (κ3) is 5.08. The summed E-state index contributed by atoms with van der Waals surface area (Å²) in [5.41, 5.74) is -0.0597. The van der Waals surface area contributed by atoms with Crippen molar-refractivity contribution in [3.05, 3.63) is 125 Å². The number of benzene rings is 4. The fraction of sp³-hybridized carbons (Fsp3) is 0.0357. The van der Waals surface area contributed by atoms with Crippen LogP contribution in [0.2, 0.25) is 0 Å². The quantitative estimate of drug-likeness (QED) is 0.241. The summed E-state index contributed by atoms with van der Waals surface area (Å²) in [7, 11) is 0. The minimum atomic E-state index is -4.53. The largest absolute Gasteiger partial charge is 0.416 e. The van der Waals surface area contributed by atoms with Crippen LogP contribution in [0.25, 0.3) is 22.3 Å². The first-order chi connectivity index (χ1) is 17.4. The minimum absolute atomic E-state index is 0.0253. The van der Waals surface area contributed by atoms with Crippen LogP contribution in [0.3, 0.4) is 0 Å². The van der Waals surface area contributed by atoms with E-state index in [-0.39, 0.29) is 11.4 Å². The fourth-order valence-electron chi connectivity index (χ4n) is 3.62. The number of hydrogen-bond donors (Lipinski definition) is 0. The maximum Gasteiger partial charge on any atom is 0.416 e. The van der Waals surface area contributed by atoms with Gasteiger partial charge in [-0.05, 0) is 54.1 Å². The molecule has 5 aromatic rings. The Balaban J connectivity index is 1.54. The van der Waals surface area contributed by atoms with E-state index in [1.807, 2.05) is 54.6 Å². The van der Waals surface area contributed by atoms with Crippen molar-refractivity contribution in [2.75, 3.05) is 0 Å². The lowest BCUT2D eigenvalue weighted by atomic mass is 10.1. The van der Waals surface area contributed by atoms with Gasteiger partial charge in [-0.3, -0.25) is 4.79 Å². The Bertz CT molecular complexity index is 1610. The number of fused-ring (bicyclic) bond motifs is 1. The molecule has 1 heterocycles. The Morgan fingerprint density at radius 1 is 0.806 bits per heavy atom. The zero-order valence-corrected chi connectivity index (χ0v) is 19.5. The number of hydrogen-bond acceptors (Lipinski definition) is 4. The van der Waals surface area contributed by atoms with Crippen molar-refractivity contribution in [1.82, 2.24) is 9.66 Å². The molecular formula is C28H18F3N3OS. The Labute approximate surface area is 208 Å². The molecule has 5 rings (SSSR count). The summed E-state index contributed by atoms with van der Waals surface area (Å²) < 4.78 is 41.1. The topological polar surface area (TPSA) is 47.2 Å². The summed E-state index contributed by atoms with van der Waals surface area (Å²) in [6, 6.07) is 28.9. The predicted octanol–water partition coefficient (Wildman–Crippen LogP) is 7.12. The number of alkyl halides is 3. The van der Waals surface area contributed by atoms with Crippen LogP contribution in [0, 0.1) is 0 Å². The molecule has 0 aliphatic rings. The minimum Gasteiger partial charge on any atom is -0.267 e. The Kier molecular flexibility index (Phi) is 6.43. The maximum absolute atomic E-state index is 13.3. The SMILES string of the molecule is O=c1c2ccccc2nc(-c2cccc(C(F)(F)F)c2)n1N=Cc1ccc(Sc2ccccc2)cc1. The van der Waals surface area contributed by atoms with Gasteiger partial charge in [-0.2, -0.15) is 22.9 Å². The van der Waals surface area contributed by atoms with Gasteiger partial charge in [-0.1, -0.05) is 66.4 Å². The lowest BCUT2D eigenvalue weighted by Crippen LogP contribution is -2.20. The van der Waals surface area contributed by atoms with Gasteiger partial charge in [-0.15, -0.1) is 0 Å². The van der Waals surface area contributed by atoms with Crippen LogP contribution >= 0.6 is 11.8 Å². The van der Waals surface area contributed by atoms with Crippen LogP contribution in [-0.4, -0.2) is 15.9 Å². The van der Waals surface area contributed by atoms with Crippen LogP contribution in [-0.2, 0) is 6.18 Å². The third-order valence-corrected chi connectivity index (χ3v) is 6.40. The van der Waals surface area contributed by atoms with Crippen LogP contribution in [0.15, 0.2) is 123 Å². The van der Waals surface area contributed by atoms with Crippen LogP contribution < -0.4 is 5.56 Å². The highest BCUT2D eigenvalue weighted by Crippen LogP contribution is 2.32. The first kappa shape index (κ1) is 23.6. The monoisotopic (exact) mass is 501 g/mol. The van der Waals surface area contributed by atoms with Crippen molar-refractivity contribution in [2.45, 2.75) is 16.0 Å². The predicted molar refractivity (Wildman–Crippen MR) is 136 cm³/mol. The van der Waals surface area contributed by atoms with E-state index in [9.17, 15) is 18.0 Å². The van der Waals surface area contributed by atoms with Gasteiger partial charge in [0, 0.05) is 15.4 Å². The summed E-state index contributed by atoms with van der Waals surface area (Å²) >= 11 is 1.62. The van der Waals surface area contributed by atoms with E-state index in [2.05, 4.69) is 10.1 Å². The van der Waals surface area contributed by atoms with Crippen LogP contribution in [0.5, 0.6) is 0 Å². The summed E-state index contributed by atoms with van der Waals surface area (Å²) in [6.07, 6.45) is -3.04. The molecule has 0 radical (unpaired) electrons. The molecule has 0 spiro atoms. The van der Waals surface area contributed by atoms with Gasteiger partial charge < -0.3 is 0 Å². The molecule has 0 atom stereocenters. The smallest absolute Gasteiger partial charge is 0.267 e. The van der Waals surface area contributed by atoms with Crippen LogP contribution in [0.1, 0.15) is 11.1 Å². The average molecular weight is 502 g/mol. The Morgan fingerprint density at radius 3 is 2.25 bits per heavy atom. The standard InChI is InChI=1S/C28H18F3N3OS/c29-28(30,31)21-8-6-7-20(17-21)26-33-25-12-5-4-11-24(25)27(35)34(26)32-18-19-13-15-23(16-14-19)36-22-9-2-1-3-10-22/h1-18H. The van der Waals surface area contributed by atoms with E-state index in [1.165, 1.54) is 18.3 Å². The summed E-state index contributed by atoms with van der Waals surface area (Å²) in [6.45, 7) is 0. The van der Waals surface area contributed by atoms with Crippen molar-refractivity contribution in [1.29, 1.82) is 0 Å². The van der Waals surface area contributed by atoms with Crippen molar-refractivity contribution < 1.29 is 13.2 Å². The van der Waals surface area contributed by atoms with E-state index in [4.69, 9.17) is 0 Å². The van der Waals surface area contributed by atoms with Gasteiger partial charge in [0.05, 0.1) is 22.7 Å². The van der Waals surface area contributed by atoms with Crippen LogP contribution in [0.4, 0.5) is 13.2 Å². The van der Waals surface area contributed by atoms with E-state index in [1.54, 1.807) is 36.0 Å². The summed E-state index contributed by atoms with van der Waals surface area (Å²) in [5, 5.41) is 4.66. The number of nitrogens with zero attached hydrogens (tertiary/aromatic N) is 3. The molecule has 8 heteroatoms. The highest BCUT2D eigenvalue weighted by molar-refractivity contribution is 7.99. The second kappa shape index (κ2) is 9.83. The highest BCUT2D eigenvalue weighted by Gasteiger charge is 2.30. The fourth-order valence-corrected chi connectivity index (χ4v) is 4.46. The van der Waals surface area contributed by atoms with Gasteiger partial charge >= 0.3 is 6.18 Å². The van der Waals surface area contributed by atoms with Gasteiger partial charge in [0.25, 0.3) is 5.56 Å². The second-order valence-electron chi connectivity index (χ2n) is 7.88. The van der Waals surface area contributed by atoms with Crippen molar-refractivity contribution in [3.8, 4) is 11.4 Å². The second-order valence-corrected chi connectivity index (χ2v) is 9.02. The molecule has 4 aromatic carbocycles. The normalized spacial score (nSPS) is 11.9. The molecular weight excluding hydrogens is 483 g/mol. The van der Waals surface area contributed by atoms with E-state index >= 15 is 0 Å². The van der Waals surface area contributed by atoms with E-state index < -0.39 is 17.3 Å². The molecule has 0 N–H and O–H groups in total. The third-order valence-electron chi connectivity index (χ3n) is 5.38. The number of rotatable bonds is 5. The maximum atomic E-state index is 13.3. The van der Waals surface area contributed by atoms with E-state index in [0.717, 1.165) is 32.2 Å². The lowest BCUT2D eigenvalue weighted by molar-refractivity contribution is -0.137. The zero-order chi connectivity index (χ0) is 25.1. The number of para-hydroxylation sites is 1. The molecule has 0 amide bonds. The number of aromatic nitrogens is 2. The first-order valence-corrected chi connectivity index (χ1v) is 11.8. The first-order valence-electron chi connectivity index (χ1n) is 11.0. The van der Waals surface area contributed by atoms with Crippen molar-refractivity contribution in [3.63, 3.8) is 0 Å². The van der Waals surface area contributed by atoms with Gasteiger partial charge in [-0.25, -0.2) is 4.98 Å². The Hall–Kier alpha value is -4.17. The molecule has 0 bridgehead atoms. The lowest BCUT2D eigenvalue weighted by Gasteiger charge is -2.12. The molecule has 0 saturated heterocycles. The van der Waals surface area contributed by atoms with Gasteiger partial charge in [0.1, 0.15) is 0 Å².